The number of carbonyl (C=O) groups is 2. The highest BCUT2D eigenvalue weighted by molar-refractivity contribution is 5.65. The van der Waals surface area contributed by atoms with Crippen LogP contribution in [0, 0.1) is 0 Å². The maximum atomic E-state index is 10.0. The zero-order valence-corrected chi connectivity index (χ0v) is 9.02. The lowest BCUT2D eigenvalue weighted by molar-refractivity contribution is -0.151. The summed E-state index contributed by atoms with van der Waals surface area (Å²) in [6.07, 6.45) is -0.838. The fraction of sp³-hybridized carbons (Fsp3) is 0.778. The topological polar surface area (TPSA) is 91.3 Å². The van der Waals surface area contributed by atoms with E-state index in [9.17, 15) is 9.59 Å². The predicted molar refractivity (Wildman–Crippen MR) is 55.6 cm³/mol. The number of esters is 1. The number of aliphatic hydroxyl groups is 1. The van der Waals surface area contributed by atoms with Crippen molar-refractivity contribution in [2.75, 3.05) is 27.3 Å². The molecule has 16 heavy (non-hydrogen) atoms. The summed E-state index contributed by atoms with van der Waals surface area (Å²) in [6, 6.07) is 0. The molecule has 0 bridgehead atoms. The van der Waals surface area contributed by atoms with Gasteiger partial charge in [0.2, 0.25) is 0 Å². The second kappa shape index (κ2) is 16.1. The summed E-state index contributed by atoms with van der Waals surface area (Å²) in [5, 5.41) is 7.94. The van der Waals surface area contributed by atoms with E-state index < -0.39 is 12.9 Å². The molecule has 0 aromatic carbocycles. The van der Waals surface area contributed by atoms with Gasteiger partial charge in [0, 0.05) is 14.0 Å². The van der Waals surface area contributed by atoms with Gasteiger partial charge in [0.25, 0.3) is 0 Å². The van der Waals surface area contributed by atoms with Gasteiger partial charge in [-0.05, 0) is 6.92 Å². The summed E-state index contributed by atoms with van der Waals surface area (Å²) in [5.41, 5.74) is 0. The molecule has 7 heteroatoms. The van der Waals surface area contributed by atoms with Gasteiger partial charge in [0.15, 0.2) is 13.6 Å². The SMILES string of the molecule is C.CCOC(=O)OCO.COCOC(C)=O. The fourth-order valence-electron chi connectivity index (χ4n) is 0.354. The van der Waals surface area contributed by atoms with E-state index in [2.05, 4.69) is 18.9 Å². The number of aliphatic hydroxyl groups excluding tert-OH is 1. The average molecular weight is 240 g/mol. The summed E-state index contributed by atoms with van der Waals surface area (Å²) in [6.45, 7) is 2.67. The summed E-state index contributed by atoms with van der Waals surface area (Å²) in [4.78, 5) is 19.9. The van der Waals surface area contributed by atoms with Crippen LogP contribution in [-0.4, -0.2) is 44.5 Å². The molecule has 0 saturated heterocycles. The maximum absolute atomic E-state index is 10.0. The summed E-state index contributed by atoms with van der Waals surface area (Å²) >= 11 is 0. The standard InChI is InChI=1S/C4H8O4.C4H8O3.CH4/c1-2-7-4(6)8-3-5;1-4(5)7-3-6-2;/h5H,2-3H2,1H3;3H2,1-2H3;1H4. The van der Waals surface area contributed by atoms with Crippen LogP contribution in [0.2, 0.25) is 0 Å². The van der Waals surface area contributed by atoms with E-state index in [1.54, 1.807) is 6.92 Å². The molecule has 0 unspecified atom stereocenters. The summed E-state index contributed by atoms with van der Waals surface area (Å²) in [5.74, 6) is -0.318. The highest BCUT2D eigenvalue weighted by atomic mass is 16.8. The molecule has 0 heterocycles. The maximum Gasteiger partial charge on any atom is 0.510 e. The van der Waals surface area contributed by atoms with Gasteiger partial charge in [0.1, 0.15) is 0 Å². The van der Waals surface area contributed by atoms with Crippen LogP contribution in [0.4, 0.5) is 4.79 Å². The van der Waals surface area contributed by atoms with E-state index >= 15 is 0 Å². The molecule has 98 valence electrons. The molecule has 7 nitrogen and oxygen atoms in total. The van der Waals surface area contributed by atoms with Crippen LogP contribution in [0.25, 0.3) is 0 Å². The van der Waals surface area contributed by atoms with Gasteiger partial charge >= 0.3 is 12.1 Å². The number of methoxy groups -OCH3 is 1. The Morgan fingerprint density at radius 1 is 1.19 bits per heavy atom. The lowest BCUT2D eigenvalue weighted by Crippen LogP contribution is -2.06. The Hall–Kier alpha value is -1.34. The van der Waals surface area contributed by atoms with E-state index in [4.69, 9.17) is 5.11 Å². The molecular formula is C9H20O7. The van der Waals surface area contributed by atoms with Crippen molar-refractivity contribution >= 4 is 12.1 Å². The fourth-order valence-corrected chi connectivity index (χ4v) is 0.354. The molecule has 0 rings (SSSR count). The molecule has 0 fully saturated rings. The van der Waals surface area contributed by atoms with Crippen LogP contribution in [0.3, 0.4) is 0 Å². The molecular weight excluding hydrogens is 220 g/mol. The van der Waals surface area contributed by atoms with Crippen molar-refractivity contribution in [3.05, 3.63) is 0 Å². The Morgan fingerprint density at radius 2 is 1.75 bits per heavy atom. The van der Waals surface area contributed by atoms with E-state index in [0.717, 1.165) is 0 Å². The molecule has 0 amide bonds. The molecule has 0 spiro atoms. The molecule has 0 aliphatic heterocycles. The lowest BCUT2D eigenvalue weighted by Gasteiger charge is -1.97. The average Bonchev–Trinajstić information content (AvgIpc) is 2.16. The largest absolute Gasteiger partial charge is 0.510 e. The quantitative estimate of drug-likeness (QED) is 0.576. The van der Waals surface area contributed by atoms with Crippen molar-refractivity contribution in [3.63, 3.8) is 0 Å². The molecule has 0 atom stereocenters. The minimum atomic E-state index is -0.838. The van der Waals surface area contributed by atoms with Gasteiger partial charge in [-0.3, -0.25) is 4.79 Å². The highest BCUT2D eigenvalue weighted by Gasteiger charge is 1.96. The van der Waals surface area contributed by atoms with Gasteiger partial charge in [-0.2, -0.15) is 0 Å². The lowest BCUT2D eigenvalue weighted by atomic mass is 10.8. The number of rotatable bonds is 4. The minimum Gasteiger partial charge on any atom is -0.439 e. The second-order valence-electron chi connectivity index (χ2n) is 2.00. The number of hydrogen-bond acceptors (Lipinski definition) is 7. The van der Waals surface area contributed by atoms with Gasteiger partial charge < -0.3 is 24.1 Å². The smallest absolute Gasteiger partial charge is 0.439 e. The predicted octanol–water partition coefficient (Wildman–Crippen LogP) is 0.899. The Morgan fingerprint density at radius 3 is 2.00 bits per heavy atom. The van der Waals surface area contributed by atoms with Crippen molar-refractivity contribution in [1.82, 2.24) is 0 Å². The number of carbonyl (C=O) groups excluding carboxylic acids is 2. The van der Waals surface area contributed by atoms with Gasteiger partial charge in [0.05, 0.1) is 6.61 Å². The number of hydrogen-bond donors (Lipinski definition) is 1. The molecule has 0 aromatic rings. The minimum absolute atomic E-state index is 0. The molecule has 0 radical (unpaired) electrons. The Balaban J connectivity index is -0.000000200. The van der Waals surface area contributed by atoms with Crippen LogP contribution >= 0.6 is 0 Å². The zero-order chi connectivity index (χ0) is 12.1. The van der Waals surface area contributed by atoms with Crippen LogP contribution < -0.4 is 0 Å². The second-order valence-corrected chi connectivity index (χ2v) is 2.00. The van der Waals surface area contributed by atoms with Crippen LogP contribution in [0.15, 0.2) is 0 Å². The van der Waals surface area contributed by atoms with Crippen LogP contribution in [0.5, 0.6) is 0 Å². The Labute approximate surface area is 95.2 Å². The van der Waals surface area contributed by atoms with Gasteiger partial charge in [-0.15, -0.1) is 0 Å². The Bertz CT molecular complexity index is 161. The zero-order valence-electron chi connectivity index (χ0n) is 9.02. The number of ether oxygens (including phenoxy) is 4. The van der Waals surface area contributed by atoms with E-state index in [0.29, 0.717) is 0 Å². The molecule has 0 saturated carbocycles. The monoisotopic (exact) mass is 240 g/mol. The van der Waals surface area contributed by atoms with E-state index in [-0.39, 0.29) is 26.8 Å². The first-order valence-electron chi connectivity index (χ1n) is 4.11. The third kappa shape index (κ3) is 23.0. The first-order valence-corrected chi connectivity index (χ1v) is 4.11. The molecule has 0 aliphatic rings. The molecule has 0 aliphatic carbocycles. The van der Waals surface area contributed by atoms with Crippen molar-refractivity contribution < 1.29 is 33.6 Å². The van der Waals surface area contributed by atoms with E-state index in [1.165, 1.54) is 14.0 Å². The van der Waals surface area contributed by atoms with Crippen molar-refractivity contribution in [2.24, 2.45) is 0 Å². The molecule has 0 aromatic heterocycles. The van der Waals surface area contributed by atoms with Gasteiger partial charge in [-0.1, -0.05) is 7.43 Å². The van der Waals surface area contributed by atoms with Crippen LogP contribution in [0.1, 0.15) is 21.3 Å². The molecule has 1 N–H and O–H groups in total. The summed E-state index contributed by atoms with van der Waals surface area (Å²) in [7, 11) is 1.46. The normalized spacial score (nSPS) is 7.75. The Kier molecular flexibility index (Phi) is 20.3. The van der Waals surface area contributed by atoms with Crippen molar-refractivity contribution in [1.29, 1.82) is 0 Å². The van der Waals surface area contributed by atoms with E-state index in [1.807, 2.05) is 0 Å². The van der Waals surface area contributed by atoms with Crippen molar-refractivity contribution in [2.45, 2.75) is 21.3 Å². The highest BCUT2D eigenvalue weighted by Crippen LogP contribution is 1.80. The third-order valence-corrected chi connectivity index (χ3v) is 0.825. The van der Waals surface area contributed by atoms with Gasteiger partial charge in [-0.25, -0.2) is 4.79 Å². The first kappa shape index (κ1) is 20.1. The third-order valence-electron chi connectivity index (χ3n) is 0.825. The summed E-state index contributed by atoms with van der Waals surface area (Å²) < 4.78 is 17.0. The van der Waals surface area contributed by atoms with Crippen molar-refractivity contribution in [3.8, 4) is 0 Å². The first-order chi connectivity index (χ1) is 7.08. The van der Waals surface area contributed by atoms with Crippen LogP contribution in [-0.2, 0) is 23.7 Å².